The number of imidazole rings is 1. The van der Waals surface area contributed by atoms with Gasteiger partial charge in [0.15, 0.2) is 0 Å². The molecule has 0 amide bonds. The van der Waals surface area contributed by atoms with Gasteiger partial charge >= 0.3 is 0 Å². The van der Waals surface area contributed by atoms with Crippen LogP contribution in [-0.2, 0) is 0 Å². The Balaban J connectivity index is 1.45. The van der Waals surface area contributed by atoms with E-state index in [9.17, 15) is 0 Å². The molecule has 0 spiro atoms. The molecule has 0 saturated carbocycles. The molecule has 9 aromatic rings. The van der Waals surface area contributed by atoms with Crippen LogP contribution in [-0.4, -0.2) is 9.55 Å². The molecule has 0 aliphatic carbocycles. The van der Waals surface area contributed by atoms with Gasteiger partial charge in [-0.2, -0.15) is 0 Å². The highest BCUT2D eigenvalue weighted by Gasteiger charge is 2.23. The molecule has 0 saturated heterocycles. The first kappa shape index (κ1) is 23.3. The molecule has 198 valence electrons. The van der Waals surface area contributed by atoms with Gasteiger partial charge in [-0.3, -0.25) is 4.57 Å². The lowest BCUT2D eigenvalue weighted by Gasteiger charge is -2.20. The van der Waals surface area contributed by atoms with Crippen molar-refractivity contribution in [2.24, 2.45) is 0 Å². The second-order valence-corrected chi connectivity index (χ2v) is 11.2. The number of benzene rings is 7. The van der Waals surface area contributed by atoms with Crippen molar-refractivity contribution in [3.63, 3.8) is 0 Å². The van der Waals surface area contributed by atoms with E-state index < -0.39 is 0 Å². The number of aryl methyl sites for hydroxylation is 2. The zero-order chi connectivity index (χ0) is 27.9. The SMILES string of the molecule is Cc1cc2c3ccccc3c3ccccc3c2c(C)c1-n1c(-c2cccc3c2oc2ccccc23)nc2ccccc21. The topological polar surface area (TPSA) is 31.0 Å². The Morgan fingerprint density at radius 2 is 1.19 bits per heavy atom. The van der Waals surface area contributed by atoms with Crippen LogP contribution < -0.4 is 0 Å². The lowest BCUT2D eigenvalue weighted by molar-refractivity contribution is 0.669. The molecule has 0 aliphatic rings. The predicted octanol–water partition coefficient (Wildman–Crippen LogP) is 10.7. The van der Waals surface area contributed by atoms with E-state index in [4.69, 9.17) is 9.40 Å². The third-order valence-corrected chi connectivity index (χ3v) is 8.87. The van der Waals surface area contributed by atoms with Crippen LogP contribution in [0, 0.1) is 13.8 Å². The lowest BCUT2D eigenvalue weighted by Crippen LogP contribution is -2.04. The number of aromatic nitrogens is 2. The highest BCUT2D eigenvalue weighted by Crippen LogP contribution is 2.43. The zero-order valence-electron chi connectivity index (χ0n) is 23.3. The van der Waals surface area contributed by atoms with E-state index in [0.717, 1.165) is 44.4 Å². The second kappa shape index (κ2) is 8.55. The smallest absolute Gasteiger partial charge is 0.149 e. The van der Waals surface area contributed by atoms with Crippen molar-refractivity contribution in [3.8, 4) is 17.1 Å². The van der Waals surface area contributed by atoms with Gasteiger partial charge in [0.1, 0.15) is 17.0 Å². The van der Waals surface area contributed by atoms with Gasteiger partial charge in [-0.1, -0.05) is 91.0 Å². The molecule has 0 bridgehead atoms. The van der Waals surface area contributed by atoms with Gasteiger partial charge in [-0.25, -0.2) is 4.98 Å². The third-order valence-electron chi connectivity index (χ3n) is 8.87. The molecular formula is C39H26N2O. The Morgan fingerprint density at radius 3 is 2.00 bits per heavy atom. The lowest BCUT2D eigenvalue weighted by atomic mass is 9.89. The molecule has 0 fully saturated rings. The highest BCUT2D eigenvalue weighted by atomic mass is 16.3. The maximum atomic E-state index is 6.51. The summed E-state index contributed by atoms with van der Waals surface area (Å²) in [4.78, 5) is 5.26. The van der Waals surface area contributed by atoms with Gasteiger partial charge in [0, 0.05) is 10.8 Å². The van der Waals surface area contributed by atoms with Crippen LogP contribution >= 0.6 is 0 Å². The Labute approximate surface area is 242 Å². The standard InChI is InChI=1S/C39H26N2O/c1-23-22-32-27-14-4-3-12-25(27)26-13-5-6-16-29(26)36(32)24(2)37(23)41-34-20-9-8-19-33(34)40-39(41)31-18-11-17-30-28-15-7-10-21-35(28)42-38(30)31/h3-22H,1-2H3. The average Bonchev–Trinajstić information content (AvgIpc) is 3.60. The number of nitrogens with zero attached hydrogens (tertiary/aromatic N) is 2. The van der Waals surface area contributed by atoms with E-state index in [0.29, 0.717) is 0 Å². The van der Waals surface area contributed by atoms with E-state index in [-0.39, 0.29) is 0 Å². The summed E-state index contributed by atoms with van der Waals surface area (Å²) in [6, 6.07) is 43.0. The fourth-order valence-corrected chi connectivity index (χ4v) is 7.12. The molecule has 0 N–H and O–H groups in total. The van der Waals surface area contributed by atoms with Crippen molar-refractivity contribution >= 4 is 65.3 Å². The number of rotatable bonds is 2. The second-order valence-electron chi connectivity index (χ2n) is 11.2. The fraction of sp³-hybridized carbons (Fsp3) is 0.0513. The molecule has 0 radical (unpaired) electrons. The molecule has 3 heteroatoms. The summed E-state index contributed by atoms with van der Waals surface area (Å²) in [5.41, 5.74) is 8.40. The highest BCUT2D eigenvalue weighted by molar-refractivity contribution is 6.26. The van der Waals surface area contributed by atoms with Crippen LogP contribution in [0.1, 0.15) is 11.1 Å². The van der Waals surface area contributed by atoms with Gasteiger partial charge in [0.25, 0.3) is 0 Å². The molecule has 0 atom stereocenters. The number of hydrogen-bond donors (Lipinski definition) is 0. The van der Waals surface area contributed by atoms with Crippen LogP contribution in [0.25, 0.3) is 82.4 Å². The first-order valence-corrected chi connectivity index (χ1v) is 14.4. The van der Waals surface area contributed by atoms with Crippen LogP contribution in [0.3, 0.4) is 0 Å². The summed E-state index contributed by atoms with van der Waals surface area (Å²) in [6.07, 6.45) is 0. The maximum absolute atomic E-state index is 6.51. The summed E-state index contributed by atoms with van der Waals surface area (Å²) in [7, 11) is 0. The minimum Gasteiger partial charge on any atom is -0.455 e. The minimum atomic E-state index is 0.864. The molecule has 2 heterocycles. The van der Waals surface area contributed by atoms with Gasteiger partial charge < -0.3 is 4.42 Å². The van der Waals surface area contributed by atoms with Gasteiger partial charge in [-0.05, 0) is 87.6 Å². The first-order chi connectivity index (χ1) is 20.7. The van der Waals surface area contributed by atoms with Crippen molar-refractivity contribution in [2.45, 2.75) is 13.8 Å². The number of fused-ring (bicyclic) bond motifs is 10. The predicted molar refractivity (Wildman–Crippen MR) is 176 cm³/mol. The van der Waals surface area contributed by atoms with E-state index >= 15 is 0 Å². The van der Waals surface area contributed by atoms with Crippen LogP contribution in [0.15, 0.2) is 126 Å². The van der Waals surface area contributed by atoms with Crippen molar-refractivity contribution in [1.82, 2.24) is 9.55 Å². The maximum Gasteiger partial charge on any atom is 0.149 e. The molecule has 3 nitrogen and oxygen atoms in total. The number of para-hydroxylation sites is 4. The van der Waals surface area contributed by atoms with Crippen LogP contribution in [0.2, 0.25) is 0 Å². The molecule has 0 unspecified atom stereocenters. The molecule has 7 aromatic carbocycles. The molecule has 2 aromatic heterocycles. The Kier molecular flexibility index (Phi) is 4.74. The molecular weight excluding hydrogens is 512 g/mol. The van der Waals surface area contributed by atoms with Crippen LogP contribution in [0.5, 0.6) is 0 Å². The molecule has 42 heavy (non-hydrogen) atoms. The average molecular weight is 539 g/mol. The largest absolute Gasteiger partial charge is 0.455 e. The minimum absolute atomic E-state index is 0.864. The van der Waals surface area contributed by atoms with Gasteiger partial charge in [-0.15, -0.1) is 0 Å². The van der Waals surface area contributed by atoms with Crippen molar-refractivity contribution in [1.29, 1.82) is 0 Å². The Bertz CT molecular complexity index is 2550. The van der Waals surface area contributed by atoms with Gasteiger partial charge in [0.2, 0.25) is 0 Å². The monoisotopic (exact) mass is 538 g/mol. The Morgan fingerprint density at radius 1 is 0.571 bits per heavy atom. The third kappa shape index (κ3) is 3.08. The van der Waals surface area contributed by atoms with Crippen LogP contribution in [0.4, 0.5) is 0 Å². The summed E-state index contributed by atoms with van der Waals surface area (Å²) < 4.78 is 8.86. The summed E-state index contributed by atoms with van der Waals surface area (Å²) in [6.45, 7) is 4.50. The van der Waals surface area contributed by atoms with Crippen molar-refractivity contribution in [3.05, 3.63) is 132 Å². The van der Waals surface area contributed by atoms with E-state index in [1.807, 2.05) is 12.1 Å². The van der Waals surface area contributed by atoms with E-state index in [1.54, 1.807) is 0 Å². The van der Waals surface area contributed by atoms with E-state index in [1.165, 1.54) is 49.1 Å². The molecule has 0 aliphatic heterocycles. The van der Waals surface area contributed by atoms with Gasteiger partial charge in [0.05, 0.1) is 22.3 Å². The van der Waals surface area contributed by atoms with Crippen molar-refractivity contribution < 1.29 is 4.42 Å². The molecule has 9 rings (SSSR count). The summed E-state index contributed by atoms with van der Waals surface area (Å²) in [5.74, 6) is 0.886. The Hall–Kier alpha value is -5.41. The number of hydrogen-bond acceptors (Lipinski definition) is 2. The number of furan rings is 1. The zero-order valence-corrected chi connectivity index (χ0v) is 23.3. The normalized spacial score (nSPS) is 12.0. The summed E-state index contributed by atoms with van der Waals surface area (Å²) in [5, 5.41) is 9.92. The quantitative estimate of drug-likeness (QED) is 0.205. The van der Waals surface area contributed by atoms with E-state index in [2.05, 4.69) is 128 Å². The first-order valence-electron chi connectivity index (χ1n) is 14.4. The summed E-state index contributed by atoms with van der Waals surface area (Å²) >= 11 is 0. The fourth-order valence-electron chi connectivity index (χ4n) is 7.12. The van der Waals surface area contributed by atoms with Crippen molar-refractivity contribution in [2.75, 3.05) is 0 Å².